The molecule has 106 valence electrons. The van der Waals surface area contributed by atoms with E-state index in [1.165, 1.54) is 11.1 Å². The van der Waals surface area contributed by atoms with Crippen LogP contribution in [0.4, 0.5) is 5.69 Å². The average Bonchev–Trinajstić information content (AvgIpc) is 2.56. The van der Waals surface area contributed by atoms with Crippen molar-refractivity contribution >= 4 is 17.2 Å². The predicted molar refractivity (Wildman–Crippen MR) is 85.8 cm³/mol. The van der Waals surface area contributed by atoms with Crippen LogP contribution in [0, 0.1) is 0 Å². The normalized spacial score (nSPS) is 14.7. The summed E-state index contributed by atoms with van der Waals surface area (Å²) in [5.41, 5.74) is 9.59. The molecule has 2 aromatic carbocycles. The van der Waals surface area contributed by atoms with Gasteiger partial charge in [0.25, 0.3) is 5.91 Å². The number of anilines is 1. The van der Waals surface area contributed by atoms with Crippen molar-refractivity contribution < 1.29 is 4.79 Å². The molecule has 0 bridgehead atoms. The van der Waals surface area contributed by atoms with Crippen LogP contribution in [0.15, 0.2) is 60.7 Å². The van der Waals surface area contributed by atoms with Crippen molar-refractivity contribution in [3.8, 4) is 0 Å². The SMILES string of the molecule is Nc1ccc(C(=O)N2CC=C(c3ccccc3)CC2)cc1. The Labute approximate surface area is 124 Å². The number of carbonyl (C=O) groups excluding carboxylic acids is 1. The number of nitrogens with zero attached hydrogens (tertiary/aromatic N) is 1. The maximum atomic E-state index is 12.4. The summed E-state index contributed by atoms with van der Waals surface area (Å²) in [7, 11) is 0. The molecule has 2 N–H and O–H groups in total. The minimum atomic E-state index is 0.0679. The number of nitrogen functional groups attached to an aromatic ring is 1. The van der Waals surface area contributed by atoms with Crippen molar-refractivity contribution in [2.75, 3.05) is 18.8 Å². The zero-order valence-electron chi connectivity index (χ0n) is 11.8. The van der Waals surface area contributed by atoms with Crippen LogP contribution in [0.3, 0.4) is 0 Å². The molecule has 0 unspecified atom stereocenters. The Bertz CT molecular complexity index is 659. The zero-order chi connectivity index (χ0) is 14.7. The van der Waals surface area contributed by atoms with E-state index in [1.807, 2.05) is 23.1 Å². The van der Waals surface area contributed by atoms with Gasteiger partial charge in [0.05, 0.1) is 0 Å². The van der Waals surface area contributed by atoms with E-state index >= 15 is 0 Å². The number of rotatable bonds is 2. The number of benzene rings is 2. The Kier molecular flexibility index (Phi) is 3.73. The fraction of sp³-hybridized carbons (Fsp3) is 0.167. The molecule has 1 aliphatic rings. The average molecular weight is 278 g/mol. The summed E-state index contributed by atoms with van der Waals surface area (Å²) in [5.74, 6) is 0.0679. The third-order valence-electron chi connectivity index (χ3n) is 3.80. The minimum Gasteiger partial charge on any atom is -0.399 e. The molecule has 21 heavy (non-hydrogen) atoms. The number of nitrogens with two attached hydrogens (primary N) is 1. The Hall–Kier alpha value is -2.55. The lowest BCUT2D eigenvalue weighted by molar-refractivity contribution is 0.0773. The largest absolute Gasteiger partial charge is 0.399 e. The van der Waals surface area contributed by atoms with Crippen LogP contribution in [0.1, 0.15) is 22.3 Å². The molecule has 0 radical (unpaired) electrons. The van der Waals surface area contributed by atoms with Gasteiger partial charge in [0, 0.05) is 24.3 Å². The van der Waals surface area contributed by atoms with Gasteiger partial charge in [0.15, 0.2) is 0 Å². The third-order valence-corrected chi connectivity index (χ3v) is 3.80. The summed E-state index contributed by atoms with van der Waals surface area (Å²) in [6, 6.07) is 17.4. The molecule has 0 atom stereocenters. The lowest BCUT2D eigenvalue weighted by Gasteiger charge is -2.26. The van der Waals surface area contributed by atoms with Gasteiger partial charge in [-0.15, -0.1) is 0 Å². The van der Waals surface area contributed by atoms with Crippen molar-refractivity contribution in [2.45, 2.75) is 6.42 Å². The van der Waals surface area contributed by atoms with Crippen LogP contribution in [-0.2, 0) is 0 Å². The third kappa shape index (κ3) is 2.97. The molecule has 0 saturated carbocycles. The molecule has 1 amide bonds. The zero-order valence-corrected chi connectivity index (χ0v) is 11.8. The van der Waals surface area contributed by atoms with Gasteiger partial charge in [-0.05, 0) is 41.8 Å². The highest BCUT2D eigenvalue weighted by Gasteiger charge is 2.18. The Morgan fingerprint density at radius 3 is 2.33 bits per heavy atom. The maximum absolute atomic E-state index is 12.4. The van der Waals surface area contributed by atoms with Crippen molar-refractivity contribution in [3.63, 3.8) is 0 Å². The monoisotopic (exact) mass is 278 g/mol. The molecule has 2 aromatic rings. The van der Waals surface area contributed by atoms with Crippen molar-refractivity contribution in [3.05, 3.63) is 71.8 Å². The van der Waals surface area contributed by atoms with Crippen LogP contribution in [0.5, 0.6) is 0 Å². The number of amides is 1. The highest BCUT2D eigenvalue weighted by atomic mass is 16.2. The summed E-state index contributed by atoms with van der Waals surface area (Å²) >= 11 is 0. The van der Waals surface area contributed by atoms with E-state index in [1.54, 1.807) is 24.3 Å². The molecule has 0 aromatic heterocycles. The molecule has 1 heterocycles. The van der Waals surface area contributed by atoms with Crippen molar-refractivity contribution in [1.29, 1.82) is 0 Å². The Balaban J connectivity index is 1.72. The van der Waals surface area contributed by atoms with Crippen LogP contribution in [0.25, 0.3) is 5.57 Å². The Morgan fingerprint density at radius 1 is 1.00 bits per heavy atom. The van der Waals surface area contributed by atoms with Gasteiger partial charge >= 0.3 is 0 Å². The van der Waals surface area contributed by atoms with Gasteiger partial charge < -0.3 is 10.6 Å². The first kappa shape index (κ1) is 13.4. The maximum Gasteiger partial charge on any atom is 0.254 e. The fourth-order valence-electron chi connectivity index (χ4n) is 2.58. The van der Waals surface area contributed by atoms with Gasteiger partial charge in [-0.1, -0.05) is 36.4 Å². The number of carbonyl (C=O) groups is 1. The van der Waals surface area contributed by atoms with E-state index in [4.69, 9.17) is 5.73 Å². The molecule has 3 heteroatoms. The molecule has 3 nitrogen and oxygen atoms in total. The smallest absolute Gasteiger partial charge is 0.254 e. The summed E-state index contributed by atoms with van der Waals surface area (Å²) in [6.07, 6.45) is 3.04. The lowest BCUT2D eigenvalue weighted by Crippen LogP contribution is -2.34. The van der Waals surface area contributed by atoms with Crippen LogP contribution in [0.2, 0.25) is 0 Å². The van der Waals surface area contributed by atoms with Crippen LogP contribution in [-0.4, -0.2) is 23.9 Å². The summed E-state index contributed by atoms with van der Waals surface area (Å²) in [6.45, 7) is 1.41. The van der Waals surface area contributed by atoms with Gasteiger partial charge in [-0.2, -0.15) is 0 Å². The molecular weight excluding hydrogens is 260 g/mol. The highest BCUT2D eigenvalue weighted by Crippen LogP contribution is 2.23. The number of hydrogen-bond acceptors (Lipinski definition) is 2. The van der Waals surface area contributed by atoms with Gasteiger partial charge in [-0.25, -0.2) is 0 Å². The quantitative estimate of drug-likeness (QED) is 0.857. The summed E-state index contributed by atoms with van der Waals surface area (Å²) < 4.78 is 0. The second-order valence-corrected chi connectivity index (χ2v) is 5.22. The molecule has 3 rings (SSSR count). The highest BCUT2D eigenvalue weighted by molar-refractivity contribution is 5.95. The molecule has 0 aliphatic carbocycles. The van der Waals surface area contributed by atoms with Crippen LogP contribution < -0.4 is 5.73 Å². The van der Waals surface area contributed by atoms with E-state index in [9.17, 15) is 4.79 Å². The Morgan fingerprint density at radius 2 is 1.71 bits per heavy atom. The first-order valence-corrected chi connectivity index (χ1v) is 7.13. The van der Waals surface area contributed by atoms with E-state index in [0.717, 1.165) is 13.0 Å². The standard InChI is InChI=1S/C18H18N2O/c19-17-8-6-16(7-9-17)18(21)20-12-10-15(11-13-20)14-4-2-1-3-5-14/h1-10H,11-13,19H2. The van der Waals surface area contributed by atoms with Crippen LogP contribution >= 0.6 is 0 Å². The fourth-order valence-corrected chi connectivity index (χ4v) is 2.58. The van der Waals surface area contributed by atoms with E-state index in [0.29, 0.717) is 17.8 Å². The predicted octanol–water partition coefficient (Wildman–Crippen LogP) is 3.20. The van der Waals surface area contributed by atoms with Gasteiger partial charge in [-0.3, -0.25) is 4.79 Å². The summed E-state index contributed by atoms with van der Waals surface area (Å²) in [4.78, 5) is 14.3. The number of hydrogen-bond donors (Lipinski definition) is 1. The van der Waals surface area contributed by atoms with E-state index in [2.05, 4.69) is 18.2 Å². The first-order chi connectivity index (χ1) is 10.2. The van der Waals surface area contributed by atoms with Gasteiger partial charge in [0.2, 0.25) is 0 Å². The molecule has 0 spiro atoms. The van der Waals surface area contributed by atoms with E-state index in [-0.39, 0.29) is 5.91 Å². The van der Waals surface area contributed by atoms with Gasteiger partial charge in [0.1, 0.15) is 0 Å². The lowest BCUT2D eigenvalue weighted by atomic mass is 9.99. The van der Waals surface area contributed by atoms with Crippen molar-refractivity contribution in [2.24, 2.45) is 0 Å². The molecule has 0 fully saturated rings. The molecule has 0 saturated heterocycles. The minimum absolute atomic E-state index is 0.0679. The second kappa shape index (κ2) is 5.83. The summed E-state index contributed by atoms with van der Waals surface area (Å²) in [5, 5.41) is 0. The van der Waals surface area contributed by atoms with E-state index < -0.39 is 0 Å². The second-order valence-electron chi connectivity index (χ2n) is 5.22. The molecular formula is C18H18N2O. The van der Waals surface area contributed by atoms with Crippen molar-refractivity contribution in [1.82, 2.24) is 4.90 Å². The first-order valence-electron chi connectivity index (χ1n) is 7.13. The molecule has 1 aliphatic heterocycles. The topological polar surface area (TPSA) is 46.3 Å².